The van der Waals surface area contributed by atoms with Gasteiger partial charge in [0, 0.05) is 11.3 Å². The topological polar surface area (TPSA) is 33.5 Å². The van der Waals surface area contributed by atoms with Crippen LogP contribution in [-0.4, -0.2) is 19.0 Å². The van der Waals surface area contributed by atoms with Crippen molar-refractivity contribution in [1.29, 1.82) is 0 Å². The molecule has 2 atom stereocenters. The first-order valence-corrected chi connectivity index (χ1v) is 8.71. The number of quaternary nitrogens is 1. The molecule has 3 heteroatoms. The Kier molecular flexibility index (Phi) is 5.15. The summed E-state index contributed by atoms with van der Waals surface area (Å²) in [6.45, 7) is 4.92. The maximum absolute atomic E-state index is 12.6. The normalized spacial score (nSPS) is 13.4. The molecule has 3 aromatic rings. The van der Waals surface area contributed by atoms with Crippen molar-refractivity contribution in [2.75, 3.05) is 12.4 Å². The summed E-state index contributed by atoms with van der Waals surface area (Å²) in [7, 11) is 2.07. The molecule has 0 aliphatic rings. The minimum absolute atomic E-state index is 0.0429. The highest BCUT2D eigenvalue weighted by Gasteiger charge is 2.22. The van der Waals surface area contributed by atoms with Gasteiger partial charge in [0.25, 0.3) is 5.91 Å². The van der Waals surface area contributed by atoms with Crippen molar-refractivity contribution >= 4 is 22.4 Å². The van der Waals surface area contributed by atoms with E-state index >= 15 is 0 Å². The molecule has 0 aliphatic carbocycles. The van der Waals surface area contributed by atoms with Crippen LogP contribution in [-0.2, 0) is 11.3 Å². The zero-order valence-corrected chi connectivity index (χ0v) is 15.0. The number of aryl methyl sites for hydroxylation is 1. The molecular formula is C22H25N2O+. The first kappa shape index (κ1) is 17.2. The maximum atomic E-state index is 12.6. The number of nitrogens with one attached hydrogen (secondary N) is 2. The summed E-state index contributed by atoms with van der Waals surface area (Å²) >= 11 is 0. The van der Waals surface area contributed by atoms with Gasteiger partial charge in [-0.15, -0.1) is 0 Å². The lowest BCUT2D eigenvalue weighted by molar-refractivity contribution is -0.907. The molecular weight excluding hydrogens is 308 g/mol. The van der Waals surface area contributed by atoms with Gasteiger partial charge in [0.15, 0.2) is 6.04 Å². The van der Waals surface area contributed by atoms with Crippen LogP contribution >= 0.6 is 0 Å². The molecule has 0 aromatic heterocycles. The van der Waals surface area contributed by atoms with Gasteiger partial charge in [-0.3, -0.25) is 4.79 Å². The van der Waals surface area contributed by atoms with Gasteiger partial charge in [-0.25, -0.2) is 0 Å². The molecule has 2 N–H and O–H groups in total. The second kappa shape index (κ2) is 7.49. The Bertz CT molecular complexity index is 888. The third-order valence-electron chi connectivity index (χ3n) is 4.88. The van der Waals surface area contributed by atoms with E-state index in [0.717, 1.165) is 17.6 Å². The molecule has 1 unspecified atom stereocenters. The fraction of sp³-hybridized carbons (Fsp3) is 0.227. The molecule has 3 aromatic carbocycles. The van der Waals surface area contributed by atoms with Crippen molar-refractivity contribution in [3.8, 4) is 0 Å². The molecule has 0 aliphatic heterocycles. The predicted octanol–water partition coefficient (Wildman–Crippen LogP) is 3.19. The Balaban J connectivity index is 1.67. The lowest BCUT2D eigenvalue weighted by Crippen LogP contribution is -3.12. The van der Waals surface area contributed by atoms with Crippen molar-refractivity contribution in [2.24, 2.45) is 0 Å². The lowest BCUT2D eigenvalue weighted by atomic mass is 10.1. The number of anilines is 1. The Morgan fingerprint density at radius 3 is 2.44 bits per heavy atom. The second-order valence-electron chi connectivity index (χ2n) is 6.72. The van der Waals surface area contributed by atoms with E-state index in [1.807, 2.05) is 43.3 Å². The maximum Gasteiger partial charge on any atom is 0.282 e. The summed E-state index contributed by atoms with van der Waals surface area (Å²) in [4.78, 5) is 13.8. The molecule has 0 spiro atoms. The first-order chi connectivity index (χ1) is 12.0. The van der Waals surface area contributed by atoms with Gasteiger partial charge in [0.1, 0.15) is 6.54 Å². The Morgan fingerprint density at radius 1 is 1.00 bits per heavy atom. The number of hydrogen-bond acceptors (Lipinski definition) is 1. The second-order valence-corrected chi connectivity index (χ2v) is 6.72. The SMILES string of the molecule is Cc1ccccc1C[NH+](C)[C@@H](C)C(=O)Nc1ccc2ccccc2c1. The number of carbonyl (C=O) groups excluding carboxylic acids is 1. The van der Waals surface area contributed by atoms with E-state index in [2.05, 4.69) is 49.6 Å². The summed E-state index contributed by atoms with van der Waals surface area (Å²) in [5, 5.41) is 5.36. The Hall–Kier alpha value is -2.65. The Morgan fingerprint density at radius 2 is 1.68 bits per heavy atom. The number of carbonyl (C=O) groups is 1. The molecule has 3 nitrogen and oxygen atoms in total. The molecule has 128 valence electrons. The lowest BCUT2D eigenvalue weighted by Gasteiger charge is -2.22. The van der Waals surface area contributed by atoms with Crippen molar-refractivity contribution in [2.45, 2.75) is 26.4 Å². The van der Waals surface area contributed by atoms with Crippen LogP contribution in [0.5, 0.6) is 0 Å². The number of amides is 1. The minimum atomic E-state index is -0.133. The average Bonchev–Trinajstić information content (AvgIpc) is 2.62. The van der Waals surface area contributed by atoms with E-state index in [4.69, 9.17) is 0 Å². The van der Waals surface area contributed by atoms with Gasteiger partial charge in [-0.05, 0) is 42.3 Å². The summed E-state index contributed by atoms with van der Waals surface area (Å²) in [6, 6.07) is 22.4. The molecule has 0 heterocycles. The van der Waals surface area contributed by atoms with E-state index in [1.165, 1.54) is 21.4 Å². The average molecular weight is 333 g/mol. The van der Waals surface area contributed by atoms with Crippen LogP contribution in [0.3, 0.4) is 0 Å². The number of benzene rings is 3. The number of rotatable bonds is 5. The molecule has 0 bridgehead atoms. The van der Waals surface area contributed by atoms with Crippen molar-refractivity contribution in [1.82, 2.24) is 0 Å². The van der Waals surface area contributed by atoms with E-state index in [-0.39, 0.29) is 11.9 Å². The van der Waals surface area contributed by atoms with E-state index in [1.54, 1.807) is 0 Å². The third kappa shape index (κ3) is 4.06. The van der Waals surface area contributed by atoms with Crippen LogP contribution in [0, 0.1) is 6.92 Å². The third-order valence-corrected chi connectivity index (χ3v) is 4.88. The van der Waals surface area contributed by atoms with Gasteiger partial charge in [0.2, 0.25) is 0 Å². The van der Waals surface area contributed by atoms with Gasteiger partial charge >= 0.3 is 0 Å². The van der Waals surface area contributed by atoms with Crippen LogP contribution in [0.4, 0.5) is 5.69 Å². The fourth-order valence-corrected chi connectivity index (χ4v) is 3.00. The van der Waals surface area contributed by atoms with Crippen LogP contribution in [0.2, 0.25) is 0 Å². The van der Waals surface area contributed by atoms with Crippen molar-refractivity contribution in [3.63, 3.8) is 0 Å². The molecule has 3 rings (SSSR count). The zero-order chi connectivity index (χ0) is 17.8. The summed E-state index contributed by atoms with van der Waals surface area (Å²) < 4.78 is 0. The van der Waals surface area contributed by atoms with E-state index in [9.17, 15) is 4.79 Å². The van der Waals surface area contributed by atoms with Crippen LogP contribution in [0.15, 0.2) is 66.7 Å². The number of fused-ring (bicyclic) bond motifs is 1. The molecule has 0 fully saturated rings. The predicted molar refractivity (Wildman–Crippen MR) is 104 cm³/mol. The Labute approximate surface area is 149 Å². The van der Waals surface area contributed by atoms with Crippen molar-refractivity contribution in [3.05, 3.63) is 77.9 Å². The van der Waals surface area contributed by atoms with E-state index < -0.39 is 0 Å². The highest BCUT2D eigenvalue weighted by Crippen LogP contribution is 2.18. The number of hydrogen-bond donors (Lipinski definition) is 2. The molecule has 0 saturated heterocycles. The standard InChI is InChI=1S/C22H24N2O/c1-16-8-4-5-11-20(16)15-24(3)17(2)22(25)23-21-13-12-18-9-6-7-10-19(18)14-21/h4-14,17H,15H2,1-3H3,(H,23,25)/p+1/t17-/m0/s1. The van der Waals surface area contributed by atoms with Crippen LogP contribution in [0.1, 0.15) is 18.1 Å². The minimum Gasteiger partial charge on any atom is -0.324 e. The molecule has 0 saturated carbocycles. The highest BCUT2D eigenvalue weighted by molar-refractivity contribution is 5.96. The van der Waals surface area contributed by atoms with E-state index in [0.29, 0.717) is 0 Å². The van der Waals surface area contributed by atoms with Gasteiger partial charge < -0.3 is 10.2 Å². The summed E-state index contributed by atoms with van der Waals surface area (Å²) in [5.74, 6) is 0.0429. The van der Waals surface area contributed by atoms with Gasteiger partial charge in [-0.1, -0.05) is 54.6 Å². The smallest absolute Gasteiger partial charge is 0.282 e. The summed E-state index contributed by atoms with van der Waals surface area (Å²) in [6.07, 6.45) is 0. The van der Waals surface area contributed by atoms with Crippen LogP contribution in [0.25, 0.3) is 10.8 Å². The molecule has 25 heavy (non-hydrogen) atoms. The van der Waals surface area contributed by atoms with Crippen LogP contribution < -0.4 is 10.2 Å². The van der Waals surface area contributed by atoms with Gasteiger partial charge in [0.05, 0.1) is 7.05 Å². The monoisotopic (exact) mass is 333 g/mol. The fourth-order valence-electron chi connectivity index (χ4n) is 3.00. The molecule has 1 amide bonds. The largest absolute Gasteiger partial charge is 0.324 e. The highest BCUT2D eigenvalue weighted by atomic mass is 16.2. The van der Waals surface area contributed by atoms with Gasteiger partial charge in [-0.2, -0.15) is 0 Å². The zero-order valence-electron chi connectivity index (χ0n) is 15.0. The summed E-state index contributed by atoms with van der Waals surface area (Å²) in [5.41, 5.74) is 3.40. The van der Waals surface area contributed by atoms with Crippen molar-refractivity contribution < 1.29 is 9.69 Å². The molecule has 0 radical (unpaired) electrons. The first-order valence-electron chi connectivity index (χ1n) is 8.71. The number of likely N-dealkylation sites (N-methyl/N-ethyl adjacent to an activating group) is 1. The quantitative estimate of drug-likeness (QED) is 0.739.